The minimum Gasteiger partial charge on any atom is -0.465 e. The minimum absolute atomic E-state index is 0.412. The standard InChI is InChI=1S/C15H15ClN2O2/c1-20-15(19)13-8-12(17)5-6-14(13)18-9-10-3-2-4-11(16)7-10/h2-8,18H,9,17H2,1H3. The van der Waals surface area contributed by atoms with Crippen LogP contribution < -0.4 is 11.1 Å². The van der Waals surface area contributed by atoms with Gasteiger partial charge in [0.1, 0.15) is 0 Å². The molecule has 0 aliphatic rings. The molecule has 4 nitrogen and oxygen atoms in total. The van der Waals surface area contributed by atoms with Crippen molar-refractivity contribution in [3.63, 3.8) is 0 Å². The molecule has 0 heterocycles. The highest BCUT2D eigenvalue weighted by Crippen LogP contribution is 2.21. The summed E-state index contributed by atoms with van der Waals surface area (Å²) in [7, 11) is 1.34. The van der Waals surface area contributed by atoms with Gasteiger partial charge in [0.15, 0.2) is 0 Å². The molecular formula is C15H15ClN2O2. The van der Waals surface area contributed by atoms with E-state index in [0.717, 1.165) is 5.56 Å². The molecule has 0 aliphatic heterocycles. The van der Waals surface area contributed by atoms with Crippen molar-refractivity contribution in [2.45, 2.75) is 6.54 Å². The second-order valence-electron chi connectivity index (χ2n) is 4.28. The summed E-state index contributed by atoms with van der Waals surface area (Å²) in [5.74, 6) is -0.425. The van der Waals surface area contributed by atoms with Crippen LogP contribution in [0.3, 0.4) is 0 Å². The Bertz CT molecular complexity index is 629. The van der Waals surface area contributed by atoms with Gasteiger partial charge >= 0.3 is 5.97 Å². The molecule has 3 N–H and O–H groups in total. The molecule has 2 rings (SSSR count). The van der Waals surface area contributed by atoms with E-state index >= 15 is 0 Å². The van der Waals surface area contributed by atoms with Crippen LogP contribution in [0.5, 0.6) is 0 Å². The number of methoxy groups -OCH3 is 1. The molecule has 0 saturated heterocycles. The van der Waals surface area contributed by atoms with E-state index < -0.39 is 5.97 Å². The topological polar surface area (TPSA) is 64.3 Å². The number of halogens is 1. The molecule has 2 aromatic carbocycles. The summed E-state index contributed by atoms with van der Waals surface area (Å²) in [6, 6.07) is 12.6. The Morgan fingerprint density at radius 3 is 2.80 bits per heavy atom. The molecule has 0 amide bonds. The Balaban J connectivity index is 2.19. The number of hydrogen-bond acceptors (Lipinski definition) is 4. The van der Waals surface area contributed by atoms with Crippen LogP contribution in [-0.4, -0.2) is 13.1 Å². The Morgan fingerprint density at radius 1 is 1.30 bits per heavy atom. The third-order valence-corrected chi connectivity index (χ3v) is 3.06. The van der Waals surface area contributed by atoms with Crippen molar-refractivity contribution in [2.24, 2.45) is 0 Å². The zero-order chi connectivity index (χ0) is 14.5. The average Bonchev–Trinajstić information content (AvgIpc) is 2.45. The maximum Gasteiger partial charge on any atom is 0.340 e. The van der Waals surface area contributed by atoms with Crippen molar-refractivity contribution in [2.75, 3.05) is 18.2 Å². The SMILES string of the molecule is COC(=O)c1cc(N)ccc1NCc1cccc(Cl)c1. The third-order valence-electron chi connectivity index (χ3n) is 2.82. The molecule has 0 bridgehead atoms. The maximum atomic E-state index is 11.7. The summed E-state index contributed by atoms with van der Waals surface area (Å²) in [4.78, 5) is 11.7. The van der Waals surface area contributed by atoms with E-state index in [1.165, 1.54) is 7.11 Å². The molecular weight excluding hydrogens is 276 g/mol. The fourth-order valence-electron chi connectivity index (χ4n) is 1.84. The molecule has 0 aromatic heterocycles. The lowest BCUT2D eigenvalue weighted by Gasteiger charge is -2.11. The van der Waals surface area contributed by atoms with E-state index in [4.69, 9.17) is 22.1 Å². The average molecular weight is 291 g/mol. The Labute approximate surface area is 122 Å². The number of nitrogens with two attached hydrogens (primary N) is 1. The molecule has 104 valence electrons. The van der Waals surface area contributed by atoms with Crippen LogP contribution in [0.4, 0.5) is 11.4 Å². The molecule has 20 heavy (non-hydrogen) atoms. The number of nitrogen functional groups attached to an aromatic ring is 1. The van der Waals surface area contributed by atoms with Gasteiger partial charge in [0.25, 0.3) is 0 Å². The summed E-state index contributed by atoms with van der Waals surface area (Å²) < 4.78 is 4.75. The van der Waals surface area contributed by atoms with Crippen molar-refractivity contribution in [3.8, 4) is 0 Å². The zero-order valence-corrected chi connectivity index (χ0v) is 11.8. The van der Waals surface area contributed by atoms with Crippen molar-refractivity contribution in [3.05, 3.63) is 58.6 Å². The van der Waals surface area contributed by atoms with Gasteiger partial charge in [-0.3, -0.25) is 0 Å². The van der Waals surface area contributed by atoms with E-state index in [1.807, 2.05) is 24.3 Å². The number of esters is 1. The van der Waals surface area contributed by atoms with Crippen LogP contribution in [0, 0.1) is 0 Å². The van der Waals surface area contributed by atoms with Crippen LogP contribution in [0.25, 0.3) is 0 Å². The van der Waals surface area contributed by atoms with E-state index in [9.17, 15) is 4.79 Å². The van der Waals surface area contributed by atoms with Crippen LogP contribution in [0.15, 0.2) is 42.5 Å². The summed E-state index contributed by atoms with van der Waals surface area (Å²) in [6.45, 7) is 0.550. The van der Waals surface area contributed by atoms with E-state index in [2.05, 4.69) is 5.32 Å². The molecule has 0 atom stereocenters. The number of ether oxygens (including phenoxy) is 1. The molecule has 0 fully saturated rings. The van der Waals surface area contributed by atoms with Crippen LogP contribution in [0.1, 0.15) is 15.9 Å². The summed E-state index contributed by atoms with van der Waals surface area (Å²) in [6.07, 6.45) is 0. The minimum atomic E-state index is -0.425. The lowest BCUT2D eigenvalue weighted by molar-refractivity contribution is 0.0602. The van der Waals surface area contributed by atoms with Gasteiger partial charge in [0, 0.05) is 22.9 Å². The monoisotopic (exact) mass is 290 g/mol. The zero-order valence-electron chi connectivity index (χ0n) is 11.0. The highest BCUT2D eigenvalue weighted by Gasteiger charge is 2.12. The highest BCUT2D eigenvalue weighted by atomic mass is 35.5. The van der Waals surface area contributed by atoms with Gasteiger partial charge in [0.05, 0.1) is 12.7 Å². The fourth-order valence-corrected chi connectivity index (χ4v) is 2.05. The van der Waals surface area contributed by atoms with E-state index in [-0.39, 0.29) is 0 Å². The first-order valence-corrected chi connectivity index (χ1v) is 6.44. The Morgan fingerprint density at radius 2 is 2.10 bits per heavy atom. The Hall–Kier alpha value is -2.20. The Kier molecular flexibility index (Phi) is 4.48. The van der Waals surface area contributed by atoms with Gasteiger partial charge in [-0.15, -0.1) is 0 Å². The first kappa shape index (κ1) is 14.2. The molecule has 5 heteroatoms. The van der Waals surface area contributed by atoms with Gasteiger partial charge in [-0.1, -0.05) is 23.7 Å². The predicted molar refractivity (Wildman–Crippen MR) is 81.0 cm³/mol. The lowest BCUT2D eigenvalue weighted by Crippen LogP contribution is -2.09. The summed E-state index contributed by atoms with van der Waals surface area (Å²) in [5.41, 5.74) is 8.31. The lowest BCUT2D eigenvalue weighted by atomic mass is 10.1. The molecule has 0 radical (unpaired) electrons. The molecule has 0 aliphatic carbocycles. The fraction of sp³-hybridized carbons (Fsp3) is 0.133. The van der Waals surface area contributed by atoms with Crippen molar-refractivity contribution >= 4 is 28.9 Å². The molecule has 0 saturated carbocycles. The first-order chi connectivity index (χ1) is 9.60. The smallest absolute Gasteiger partial charge is 0.340 e. The van der Waals surface area contributed by atoms with Crippen molar-refractivity contribution in [1.29, 1.82) is 0 Å². The third kappa shape index (κ3) is 3.42. The highest BCUT2D eigenvalue weighted by molar-refractivity contribution is 6.30. The van der Waals surface area contributed by atoms with Crippen LogP contribution in [0.2, 0.25) is 5.02 Å². The largest absolute Gasteiger partial charge is 0.465 e. The number of nitrogens with one attached hydrogen (secondary N) is 1. The first-order valence-electron chi connectivity index (χ1n) is 6.06. The van der Waals surface area contributed by atoms with Gasteiger partial charge in [0.2, 0.25) is 0 Å². The number of hydrogen-bond donors (Lipinski definition) is 2. The normalized spacial score (nSPS) is 10.1. The van der Waals surface area contributed by atoms with Crippen LogP contribution >= 0.6 is 11.6 Å². The van der Waals surface area contributed by atoms with Gasteiger partial charge in [-0.2, -0.15) is 0 Å². The van der Waals surface area contributed by atoms with Gasteiger partial charge in [-0.05, 0) is 35.9 Å². The van der Waals surface area contributed by atoms with E-state index in [0.29, 0.717) is 28.5 Å². The van der Waals surface area contributed by atoms with Gasteiger partial charge in [-0.25, -0.2) is 4.79 Å². The van der Waals surface area contributed by atoms with Gasteiger partial charge < -0.3 is 15.8 Å². The predicted octanol–water partition coefficient (Wildman–Crippen LogP) is 3.32. The number of carbonyl (C=O) groups is 1. The summed E-state index contributed by atoms with van der Waals surface area (Å²) >= 11 is 5.93. The van der Waals surface area contributed by atoms with Crippen molar-refractivity contribution in [1.82, 2.24) is 0 Å². The quantitative estimate of drug-likeness (QED) is 0.670. The second kappa shape index (κ2) is 6.30. The number of carbonyl (C=O) groups excluding carboxylic acids is 1. The van der Waals surface area contributed by atoms with Crippen LogP contribution in [-0.2, 0) is 11.3 Å². The molecule has 2 aromatic rings. The number of anilines is 2. The maximum absolute atomic E-state index is 11.7. The summed E-state index contributed by atoms with van der Waals surface area (Å²) in [5, 5.41) is 3.86. The van der Waals surface area contributed by atoms with E-state index in [1.54, 1.807) is 18.2 Å². The number of benzene rings is 2. The number of rotatable bonds is 4. The molecule has 0 unspecified atom stereocenters. The molecule has 0 spiro atoms. The van der Waals surface area contributed by atoms with Crippen molar-refractivity contribution < 1.29 is 9.53 Å². The second-order valence-corrected chi connectivity index (χ2v) is 4.72.